The smallest absolute Gasteiger partial charge is 0.319 e. The normalized spacial score (nSPS) is 12.3. The molecule has 0 aliphatic heterocycles. The van der Waals surface area contributed by atoms with Crippen LogP contribution >= 0.6 is 0 Å². The summed E-state index contributed by atoms with van der Waals surface area (Å²) >= 11 is 0. The average Bonchev–Trinajstić information content (AvgIpc) is 2.60. The molecule has 146 valence electrons. The molecule has 0 saturated heterocycles. The molecule has 1 atom stereocenters. The van der Waals surface area contributed by atoms with E-state index in [-0.39, 0.29) is 19.2 Å². The summed E-state index contributed by atoms with van der Waals surface area (Å²) in [5.41, 5.74) is 1.07. The van der Waals surface area contributed by atoms with E-state index in [1.54, 1.807) is 18.2 Å². The van der Waals surface area contributed by atoms with Crippen molar-refractivity contribution in [2.24, 2.45) is 0 Å². The van der Waals surface area contributed by atoms with Crippen molar-refractivity contribution in [2.75, 3.05) is 31.6 Å². The van der Waals surface area contributed by atoms with Gasteiger partial charge < -0.3 is 30.9 Å². The first-order valence-corrected chi connectivity index (χ1v) is 8.76. The third kappa shape index (κ3) is 7.86. The molecule has 1 rings (SSSR count). The molecular formula is C19H31N3O4. The number of benzene rings is 1. The second-order valence-corrected chi connectivity index (χ2v) is 6.69. The minimum absolute atomic E-state index is 0.0237. The highest BCUT2D eigenvalue weighted by molar-refractivity contribution is 5.89. The zero-order chi connectivity index (χ0) is 19.6. The fraction of sp³-hybridized carbons (Fsp3) is 0.526. The van der Waals surface area contributed by atoms with Gasteiger partial charge in [0.05, 0.1) is 6.61 Å². The molecule has 1 aromatic rings. The Labute approximate surface area is 155 Å². The van der Waals surface area contributed by atoms with Gasteiger partial charge in [0.1, 0.15) is 18.5 Å². The molecule has 0 aliphatic rings. The number of urea groups is 1. The Balaban J connectivity index is 2.67. The van der Waals surface area contributed by atoms with Gasteiger partial charge in [-0.1, -0.05) is 6.08 Å². The summed E-state index contributed by atoms with van der Waals surface area (Å²) in [4.78, 5) is 11.6. The van der Waals surface area contributed by atoms with E-state index >= 15 is 0 Å². The molecule has 7 heteroatoms. The minimum atomic E-state index is -0.717. The number of rotatable bonds is 11. The molecule has 1 aromatic carbocycles. The van der Waals surface area contributed by atoms with Crippen LogP contribution in [0.1, 0.15) is 26.3 Å². The Morgan fingerprint density at radius 1 is 1.42 bits per heavy atom. The molecule has 0 fully saturated rings. The maximum atomic E-state index is 11.6. The van der Waals surface area contributed by atoms with Crippen LogP contribution in [0.2, 0.25) is 0 Å². The number of ether oxygens (including phenoxy) is 1. The van der Waals surface area contributed by atoms with Crippen molar-refractivity contribution < 1.29 is 19.7 Å². The monoisotopic (exact) mass is 365 g/mol. The summed E-state index contributed by atoms with van der Waals surface area (Å²) in [6.45, 7) is 10.2. The molecule has 1 unspecified atom stereocenters. The SMILES string of the molecule is C=CCc1cc(NC(=O)NCC)ccc1OCC(O)CNC(C)(C)CO. The van der Waals surface area contributed by atoms with Gasteiger partial charge in [0.25, 0.3) is 0 Å². The van der Waals surface area contributed by atoms with E-state index in [2.05, 4.69) is 22.5 Å². The van der Waals surface area contributed by atoms with Crippen LogP contribution in [0, 0.1) is 0 Å². The van der Waals surface area contributed by atoms with Crippen molar-refractivity contribution in [3.8, 4) is 5.75 Å². The number of anilines is 1. The number of carbonyl (C=O) groups is 1. The van der Waals surface area contributed by atoms with E-state index in [1.807, 2.05) is 26.8 Å². The van der Waals surface area contributed by atoms with Crippen LogP contribution in [0.4, 0.5) is 10.5 Å². The van der Waals surface area contributed by atoms with Crippen LogP contribution in [0.25, 0.3) is 0 Å². The number of hydrogen-bond donors (Lipinski definition) is 5. The molecular weight excluding hydrogens is 334 g/mol. The maximum Gasteiger partial charge on any atom is 0.319 e. The maximum absolute atomic E-state index is 11.6. The van der Waals surface area contributed by atoms with Crippen molar-refractivity contribution in [1.82, 2.24) is 10.6 Å². The standard InChI is InChI=1S/C19H31N3O4/c1-5-7-14-10-15(22-18(25)20-6-2)8-9-17(14)26-12-16(24)11-21-19(3,4)13-23/h5,8-10,16,21,23-24H,1,6-7,11-13H2,2-4H3,(H2,20,22,25). The van der Waals surface area contributed by atoms with Crippen molar-refractivity contribution in [3.63, 3.8) is 0 Å². The number of aliphatic hydroxyl groups is 2. The van der Waals surface area contributed by atoms with Gasteiger partial charge >= 0.3 is 6.03 Å². The lowest BCUT2D eigenvalue weighted by molar-refractivity contribution is 0.0903. The topological polar surface area (TPSA) is 103 Å². The number of nitrogens with one attached hydrogen (secondary N) is 3. The van der Waals surface area contributed by atoms with Crippen molar-refractivity contribution >= 4 is 11.7 Å². The van der Waals surface area contributed by atoms with Crippen molar-refractivity contribution in [3.05, 3.63) is 36.4 Å². The Hall–Kier alpha value is -2.09. The quantitative estimate of drug-likeness (QED) is 0.384. The molecule has 5 N–H and O–H groups in total. The van der Waals surface area contributed by atoms with E-state index < -0.39 is 11.6 Å². The third-order valence-electron chi connectivity index (χ3n) is 3.66. The second-order valence-electron chi connectivity index (χ2n) is 6.69. The first-order chi connectivity index (χ1) is 12.3. The van der Waals surface area contributed by atoms with E-state index in [9.17, 15) is 15.0 Å². The van der Waals surface area contributed by atoms with Gasteiger partial charge in [-0.25, -0.2) is 4.79 Å². The highest BCUT2D eigenvalue weighted by atomic mass is 16.5. The Kier molecular flexibility index (Phi) is 9.12. The lowest BCUT2D eigenvalue weighted by Gasteiger charge is -2.25. The van der Waals surface area contributed by atoms with Gasteiger partial charge in [0, 0.05) is 24.3 Å². The number of amides is 2. The van der Waals surface area contributed by atoms with Crippen LogP contribution in [-0.2, 0) is 6.42 Å². The fourth-order valence-electron chi connectivity index (χ4n) is 2.14. The first-order valence-electron chi connectivity index (χ1n) is 8.76. The summed E-state index contributed by atoms with van der Waals surface area (Å²) in [5, 5.41) is 27.8. The fourth-order valence-corrected chi connectivity index (χ4v) is 2.14. The van der Waals surface area contributed by atoms with Gasteiger partial charge in [-0.3, -0.25) is 0 Å². The Bertz CT molecular complexity index is 590. The molecule has 0 aliphatic carbocycles. The van der Waals surface area contributed by atoms with Crippen LogP contribution in [0.5, 0.6) is 5.75 Å². The molecule has 0 heterocycles. The number of β-amino-alcohol motifs (C(OH)–C–C–N with tert-alkyl or cyclic N) is 1. The Morgan fingerprint density at radius 3 is 2.77 bits per heavy atom. The molecule has 0 spiro atoms. The van der Waals surface area contributed by atoms with Gasteiger partial charge in [-0.05, 0) is 51.0 Å². The van der Waals surface area contributed by atoms with Crippen LogP contribution < -0.4 is 20.7 Å². The molecule has 7 nitrogen and oxygen atoms in total. The molecule has 0 aromatic heterocycles. The third-order valence-corrected chi connectivity index (χ3v) is 3.66. The van der Waals surface area contributed by atoms with E-state index in [0.717, 1.165) is 5.56 Å². The van der Waals surface area contributed by atoms with Crippen LogP contribution in [0.15, 0.2) is 30.9 Å². The van der Waals surface area contributed by atoms with Gasteiger partial charge in [-0.15, -0.1) is 6.58 Å². The highest BCUT2D eigenvalue weighted by Crippen LogP contribution is 2.24. The number of aliphatic hydroxyl groups excluding tert-OH is 2. The van der Waals surface area contributed by atoms with Gasteiger partial charge in [-0.2, -0.15) is 0 Å². The summed E-state index contributed by atoms with van der Waals surface area (Å²) in [6.07, 6.45) is 1.61. The van der Waals surface area contributed by atoms with Crippen LogP contribution in [-0.4, -0.2) is 54.2 Å². The van der Waals surface area contributed by atoms with Crippen molar-refractivity contribution in [1.29, 1.82) is 0 Å². The summed E-state index contributed by atoms with van der Waals surface area (Å²) in [5.74, 6) is 0.631. The molecule has 0 radical (unpaired) electrons. The summed E-state index contributed by atoms with van der Waals surface area (Å²) in [6, 6.07) is 5.07. The zero-order valence-corrected chi connectivity index (χ0v) is 15.8. The number of carbonyl (C=O) groups excluding carboxylic acids is 1. The van der Waals surface area contributed by atoms with Gasteiger partial charge in [0.15, 0.2) is 0 Å². The summed E-state index contributed by atoms with van der Waals surface area (Å²) < 4.78 is 5.73. The van der Waals surface area contributed by atoms with E-state index in [0.29, 0.717) is 30.9 Å². The second kappa shape index (κ2) is 10.8. The van der Waals surface area contributed by atoms with Gasteiger partial charge in [0.2, 0.25) is 0 Å². The van der Waals surface area contributed by atoms with Crippen molar-refractivity contribution in [2.45, 2.75) is 38.8 Å². The lowest BCUT2D eigenvalue weighted by Crippen LogP contribution is -2.47. The van der Waals surface area contributed by atoms with Crippen LogP contribution in [0.3, 0.4) is 0 Å². The molecule has 2 amide bonds. The lowest BCUT2D eigenvalue weighted by atomic mass is 10.1. The zero-order valence-electron chi connectivity index (χ0n) is 15.8. The largest absolute Gasteiger partial charge is 0.491 e. The van der Waals surface area contributed by atoms with E-state index in [1.165, 1.54) is 0 Å². The predicted molar refractivity (Wildman–Crippen MR) is 104 cm³/mol. The van der Waals surface area contributed by atoms with E-state index in [4.69, 9.17) is 4.74 Å². The minimum Gasteiger partial charge on any atom is -0.491 e. The average molecular weight is 365 g/mol. The number of allylic oxidation sites excluding steroid dienone is 1. The Morgan fingerprint density at radius 2 is 2.15 bits per heavy atom. The highest BCUT2D eigenvalue weighted by Gasteiger charge is 2.17. The first kappa shape index (κ1) is 22.0. The number of hydrogen-bond acceptors (Lipinski definition) is 5. The summed E-state index contributed by atoms with van der Waals surface area (Å²) in [7, 11) is 0. The molecule has 0 saturated carbocycles. The molecule has 0 bridgehead atoms. The molecule has 26 heavy (non-hydrogen) atoms. The predicted octanol–water partition coefficient (Wildman–Crippen LogP) is 1.66.